The Balaban J connectivity index is 0.00000392. The molecule has 1 heterocycles. The van der Waals surface area contributed by atoms with Gasteiger partial charge in [0.25, 0.3) is 5.56 Å². The van der Waals surface area contributed by atoms with Crippen LogP contribution < -0.4 is 20.9 Å². The minimum atomic E-state index is 0. The van der Waals surface area contributed by atoms with Crippen molar-refractivity contribution in [1.29, 1.82) is 0 Å². The van der Waals surface area contributed by atoms with E-state index in [-0.39, 0.29) is 29.5 Å². The molecular formula is C21H31IN4O2. The van der Waals surface area contributed by atoms with E-state index in [1.807, 2.05) is 30.5 Å². The van der Waals surface area contributed by atoms with Crippen LogP contribution in [0.3, 0.4) is 0 Å². The minimum absolute atomic E-state index is 0. The summed E-state index contributed by atoms with van der Waals surface area (Å²) in [7, 11) is 3.44. The van der Waals surface area contributed by atoms with Crippen LogP contribution in [0.1, 0.15) is 29.7 Å². The van der Waals surface area contributed by atoms with Gasteiger partial charge in [-0.15, -0.1) is 24.0 Å². The first-order valence-corrected chi connectivity index (χ1v) is 9.29. The second-order valence-electron chi connectivity index (χ2n) is 6.53. The van der Waals surface area contributed by atoms with Gasteiger partial charge in [-0.25, -0.2) is 0 Å². The highest BCUT2D eigenvalue weighted by atomic mass is 127. The average Bonchev–Trinajstić information content (AvgIpc) is 2.66. The standard InChI is InChI=1S/C21H30N4O2.HI/c1-16-10-11-18(19(14-16)27-4)15-24-21(22-3)23-12-5-6-13-25-17(2)8-7-9-20(25)26;/h7-11,14H,5-6,12-13,15H2,1-4H3,(H2,22,23,24);1H. The van der Waals surface area contributed by atoms with E-state index in [0.717, 1.165) is 48.9 Å². The molecule has 28 heavy (non-hydrogen) atoms. The summed E-state index contributed by atoms with van der Waals surface area (Å²) in [5.41, 5.74) is 3.32. The highest BCUT2D eigenvalue weighted by Crippen LogP contribution is 2.19. The van der Waals surface area contributed by atoms with Gasteiger partial charge >= 0.3 is 0 Å². The summed E-state index contributed by atoms with van der Waals surface area (Å²) in [5.74, 6) is 1.63. The van der Waals surface area contributed by atoms with Crippen molar-refractivity contribution in [2.24, 2.45) is 4.99 Å². The van der Waals surface area contributed by atoms with Crippen LogP contribution in [-0.4, -0.2) is 31.2 Å². The van der Waals surface area contributed by atoms with Crippen LogP contribution in [0.5, 0.6) is 5.75 Å². The molecular weight excluding hydrogens is 467 g/mol. The van der Waals surface area contributed by atoms with Crippen molar-refractivity contribution in [3.05, 3.63) is 63.6 Å². The molecule has 1 aromatic carbocycles. The Bertz CT molecular complexity index is 833. The molecule has 0 fully saturated rings. The topological polar surface area (TPSA) is 67.7 Å². The van der Waals surface area contributed by atoms with E-state index in [1.54, 1.807) is 26.3 Å². The van der Waals surface area contributed by atoms with Crippen LogP contribution in [-0.2, 0) is 13.1 Å². The summed E-state index contributed by atoms with van der Waals surface area (Å²) in [4.78, 5) is 16.1. The van der Waals surface area contributed by atoms with Crippen LogP contribution in [0.15, 0.2) is 46.2 Å². The summed E-state index contributed by atoms with van der Waals surface area (Å²) in [6.07, 6.45) is 1.88. The lowest BCUT2D eigenvalue weighted by atomic mass is 10.1. The van der Waals surface area contributed by atoms with Crippen LogP contribution >= 0.6 is 24.0 Å². The number of rotatable bonds is 8. The van der Waals surface area contributed by atoms with E-state index >= 15 is 0 Å². The molecule has 0 saturated carbocycles. The Morgan fingerprint density at radius 2 is 1.93 bits per heavy atom. The number of benzene rings is 1. The van der Waals surface area contributed by atoms with Gasteiger partial charge < -0.3 is 19.9 Å². The van der Waals surface area contributed by atoms with Crippen LogP contribution in [0, 0.1) is 13.8 Å². The number of unbranched alkanes of at least 4 members (excludes halogenated alkanes) is 1. The molecule has 0 aliphatic rings. The van der Waals surface area contributed by atoms with Gasteiger partial charge in [0, 0.05) is 44.0 Å². The fourth-order valence-electron chi connectivity index (χ4n) is 2.91. The first-order chi connectivity index (χ1) is 13.0. The lowest BCUT2D eigenvalue weighted by Gasteiger charge is -2.14. The van der Waals surface area contributed by atoms with Gasteiger partial charge in [-0.1, -0.05) is 18.2 Å². The number of halogens is 1. The lowest BCUT2D eigenvalue weighted by molar-refractivity contribution is 0.408. The minimum Gasteiger partial charge on any atom is -0.496 e. The molecule has 2 rings (SSSR count). The van der Waals surface area contributed by atoms with E-state index in [0.29, 0.717) is 6.54 Å². The molecule has 7 heteroatoms. The monoisotopic (exact) mass is 498 g/mol. The molecule has 0 unspecified atom stereocenters. The number of aliphatic imine (C=N–C) groups is 1. The number of hydrogen-bond donors (Lipinski definition) is 2. The van der Waals surface area contributed by atoms with Crippen molar-refractivity contribution >= 4 is 29.9 Å². The summed E-state index contributed by atoms with van der Waals surface area (Å²) in [5, 5.41) is 6.63. The van der Waals surface area contributed by atoms with Crippen molar-refractivity contribution in [2.45, 2.75) is 39.8 Å². The molecule has 0 spiro atoms. The highest BCUT2D eigenvalue weighted by Gasteiger charge is 2.05. The van der Waals surface area contributed by atoms with Crippen molar-refractivity contribution < 1.29 is 4.74 Å². The zero-order chi connectivity index (χ0) is 19.6. The number of nitrogens with one attached hydrogen (secondary N) is 2. The third-order valence-corrected chi connectivity index (χ3v) is 4.48. The Kier molecular flexibility index (Phi) is 10.7. The largest absolute Gasteiger partial charge is 0.496 e. The Morgan fingerprint density at radius 1 is 1.14 bits per heavy atom. The molecule has 0 amide bonds. The molecule has 154 valence electrons. The number of guanidine groups is 1. The number of aromatic nitrogens is 1. The van der Waals surface area contributed by atoms with Gasteiger partial charge in [0.05, 0.1) is 7.11 Å². The molecule has 0 bridgehead atoms. The maximum Gasteiger partial charge on any atom is 0.250 e. The molecule has 0 aliphatic heterocycles. The normalized spacial score (nSPS) is 10.9. The maximum atomic E-state index is 11.9. The first kappa shape index (κ1) is 24.0. The zero-order valence-electron chi connectivity index (χ0n) is 17.1. The molecule has 0 atom stereocenters. The Labute approximate surface area is 184 Å². The van der Waals surface area contributed by atoms with E-state index in [9.17, 15) is 4.79 Å². The van der Waals surface area contributed by atoms with E-state index in [2.05, 4.69) is 27.8 Å². The van der Waals surface area contributed by atoms with Gasteiger partial charge in [-0.3, -0.25) is 9.79 Å². The van der Waals surface area contributed by atoms with E-state index < -0.39 is 0 Å². The molecule has 6 nitrogen and oxygen atoms in total. The average molecular weight is 498 g/mol. The van der Waals surface area contributed by atoms with Gasteiger partial charge in [-0.2, -0.15) is 0 Å². The van der Waals surface area contributed by atoms with Gasteiger partial charge in [0.1, 0.15) is 5.75 Å². The Hall–Kier alpha value is -2.03. The van der Waals surface area contributed by atoms with Crippen molar-refractivity contribution in [3.8, 4) is 5.75 Å². The van der Waals surface area contributed by atoms with Gasteiger partial charge in [0.15, 0.2) is 5.96 Å². The number of aryl methyl sites for hydroxylation is 2. The van der Waals surface area contributed by atoms with Crippen LogP contribution in [0.2, 0.25) is 0 Å². The number of pyridine rings is 1. The van der Waals surface area contributed by atoms with Crippen molar-refractivity contribution in [3.63, 3.8) is 0 Å². The second kappa shape index (κ2) is 12.4. The van der Waals surface area contributed by atoms with Gasteiger partial charge in [-0.05, 0) is 44.4 Å². The van der Waals surface area contributed by atoms with Crippen LogP contribution in [0.4, 0.5) is 0 Å². The molecule has 0 radical (unpaired) electrons. The smallest absolute Gasteiger partial charge is 0.250 e. The summed E-state index contributed by atoms with van der Waals surface area (Å²) < 4.78 is 7.25. The maximum absolute atomic E-state index is 11.9. The zero-order valence-corrected chi connectivity index (χ0v) is 19.4. The van der Waals surface area contributed by atoms with E-state index in [1.165, 1.54) is 5.56 Å². The molecule has 2 N–H and O–H groups in total. The predicted octanol–water partition coefficient (Wildman–Crippen LogP) is 3.24. The second-order valence-corrected chi connectivity index (χ2v) is 6.53. The number of ether oxygens (including phenoxy) is 1. The quantitative estimate of drug-likeness (QED) is 0.254. The highest BCUT2D eigenvalue weighted by molar-refractivity contribution is 14.0. The number of nitrogens with zero attached hydrogens (tertiary/aromatic N) is 2. The molecule has 2 aromatic rings. The third kappa shape index (κ3) is 7.18. The van der Waals surface area contributed by atoms with Gasteiger partial charge in [0.2, 0.25) is 0 Å². The van der Waals surface area contributed by atoms with Crippen molar-refractivity contribution in [1.82, 2.24) is 15.2 Å². The molecule has 1 aromatic heterocycles. The summed E-state index contributed by atoms with van der Waals surface area (Å²) >= 11 is 0. The van der Waals surface area contributed by atoms with Crippen molar-refractivity contribution in [2.75, 3.05) is 20.7 Å². The molecule has 0 saturated heterocycles. The van der Waals surface area contributed by atoms with E-state index in [4.69, 9.17) is 4.74 Å². The van der Waals surface area contributed by atoms with Crippen LogP contribution in [0.25, 0.3) is 0 Å². The fraction of sp³-hybridized carbons (Fsp3) is 0.429. The Morgan fingerprint density at radius 3 is 2.61 bits per heavy atom. The summed E-state index contributed by atoms with van der Waals surface area (Å²) in [6, 6.07) is 11.5. The lowest BCUT2D eigenvalue weighted by Crippen LogP contribution is -2.37. The third-order valence-electron chi connectivity index (χ3n) is 4.48. The first-order valence-electron chi connectivity index (χ1n) is 9.29. The number of methoxy groups -OCH3 is 1. The number of hydrogen-bond acceptors (Lipinski definition) is 3. The SMILES string of the molecule is CN=C(NCCCCn1c(C)cccc1=O)NCc1ccc(C)cc1OC.I. The fourth-order valence-corrected chi connectivity index (χ4v) is 2.91. The summed E-state index contributed by atoms with van der Waals surface area (Å²) in [6.45, 7) is 6.18. The predicted molar refractivity (Wildman–Crippen MR) is 126 cm³/mol. The molecule has 0 aliphatic carbocycles.